The van der Waals surface area contributed by atoms with Crippen LogP contribution >= 0.6 is 0 Å². The van der Waals surface area contributed by atoms with Crippen LogP contribution in [-0.4, -0.2) is 33.6 Å². The number of hydrogen-bond donors (Lipinski definition) is 1. The van der Waals surface area contributed by atoms with Crippen LogP contribution in [0.5, 0.6) is 0 Å². The van der Waals surface area contributed by atoms with Crippen molar-refractivity contribution in [2.24, 2.45) is 0 Å². The van der Waals surface area contributed by atoms with Gasteiger partial charge in [0.05, 0.1) is 23.9 Å². The minimum absolute atomic E-state index is 0.0601. The van der Waals surface area contributed by atoms with Crippen LogP contribution in [0.1, 0.15) is 36.7 Å². The Hall–Kier alpha value is -3.16. The zero-order chi connectivity index (χ0) is 18.1. The second kappa shape index (κ2) is 6.62. The summed E-state index contributed by atoms with van der Waals surface area (Å²) in [7, 11) is 0. The number of carbonyl (C=O) groups is 2. The zero-order valence-electron chi connectivity index (χ0n) is 14.3. The summed E-state index contributed by atoms with van der Waals surface area (Å²) < 4.78 is 10.4. The number of hydrogen-bond acceptors (Lipinski definition) is 6. The van der Waals surface area contributed by atoms with E-state index in [2.05, 4.69) is 15.5 Å². The number of nitrogens with one attached hydrogen (secondary N) is 1. The monoisotopic (exact) mass is 354 g/mol. The van der Waals surface area contributed by atoms with E-state index in [-0.39, 0.29) is 19.2 Å². The van der Waals surface area contributed by atoms with Gasteiger partial charge >= 0.3 is 12.0 Å². The highest BCUT2D eigenvalue weighted by Crippen LogP contribution is 2.35. The summed E-state index contributed by atoms with van der Waals surface area (Å²) in [5, 5.41) is 6.80. The third kappa shape index (κ3) is 2.83. The van der Waals surface area contributed by atoms with Gasteiger partial charge in [0, 0.05) is 6.42 Å². The van der Waals surface area contributed by atoms with Crippen molar-refractivity contribution in [2.45, 2.75) is 32.4 Å². The number of rotatable bonds is 5. The van der Waals surface area contributed by atoms with Gasteiger partial charge in [-0.25, -0.2) is 9.59 Å². The van der Waals surface area contributed by atoms with Crippen LogP contribution in [0.15, 0.2) is 46.1 Å². The first-order chi connectivity index (χ1) is 12.7. The molecule has 0 radical (unpaired) electrons. The summed E-state index contributed by atoms with van der Waals surface area (Å²) in [5.41, 5.74) is 1.83. The number of ether oxygens (including phenoxy) is 1. The lowest BCUT2D eigenvalue weighted by atomic mass is 9.96. The summed E-state index contributed by atoms with van der Waals surface area (Å²) in [5.74, 6) is 0.515. The minimum atomic E-state index is -0.522. The lowest BCUT2D eigenvalue weighted by Crippen LogP contribution is -2.47. The first-order valence-corrected chi connectivity index (χ1v) is 8.52. The second-order valence-corrected chi connectivity index (χ2v) is 6.17. The molecule has 8 heteroatoms. The molecule has 0 fully saturated rings. The molecule has 1 aromatic heterocycles. The minimum Gasteiger partial charge on any atom is -0.456 e. The molecule has 0 bridgehead atoms. The van der Waals surface area contributed by atoms with E-state index in [1.54, 1.807) is 0 Å². The largest absolute Gasteiger partial charge is 0.456 e. The molecule has 2 amide bonds. The fourth-order valence-electron chi connectivity index (χ4n) is 3.19. The number of carbonyl (C=O) groups excluding carboxylic acids is 2. The molecule has 2 aliphatic heterocycles. The van der Waals surface area contributed by atoms with Gasteiger partial charge in [-0.05, 0) is 12.0 Å². The number of aromatic nitrogens is 2. The lowest BCUT2D eigenvalue weighted by Gasteiger charge is -2.32. The number of cyclic esters (lactones) is 1. The van der Waals surface area contributed by atoms with Crippen molar-refractivity contribution >= 4 is 12.0 Å². The molecule has 0 aliphatic carbocycles. The predicted molar refractivity (Wildman–Crippen MR) is 89.5 cm³/mol. The third-order valence-electron chi connectivity index (χ3n) is 4.40. The Morgan fingerprint density at radius 1 is 1.27 bits per heavy atom. The van der Waals surface area contributed by atoms with Crippen molar-refractivity contribution in [2.75, 3.05) is 6.61 Å². The Kier molecular flexibility index (Phi) is 4.16. The van der Waals surface area contributed by atoms with Crippen LogP contribution in [0.2, 0.25) is 0 Å². The molecule has 0 spiro atoms. The van der Waals surface area contributed by atoms with Crippen LogP contribution in [0.3, 0.4) is 0 Å². The van der Waals surface area contributed by atoms with Crippen LogP contribution in [0.25, 0.3) is 0 Å². The molecule has 0 saturated carbocycles. The SMILES string of the molecule is CCCc1nc(CN2C(=O)NC(c3ccccc3)C3=C2COC3=O)no1. The molecule has 1 N–H and O–H groups in total. The molecule has 4 rings (SSSR count). The van der Waals surface area contributed by atoms with Crippen molar-refractivity contribution in [3.05, 3.63) is 58.9 Å². The fraction of sp³-hybridized carbons (Fsp3) is 0.333. The van der Waals surface area contributed by atoms with Crippen molar-refractivity contribution in [3.8, 4) is 0 Å². The van der Waals surface area contributed by atoms with Gasteiger partial charge in [0.1, 0.15) is 6.61 Å². The van der Waals surface area contributed by atoms with Crippen molar-refractivity contribution in [1.82, 2.24) is 20.4 Å². The van der Waals surface area contributed by atoms with Gasteiger partial charge in [-0.1, -0.05) is 42.4 Å². The lowest BCUT2D eigenvalue weighted by molar-refractivity contribution is -0.136. The Labute approximate surface area is 149 Å². The van der Waals surface area contributed by atoms with E-state index in [4.69, 9.17) is 9.26 Å². The summed E-state index contributed by atoms with van der Waals surface area (Å²) in [6.07, 6.45) is 1.58. The standard InChI is InChI=1S/C18H18N4O4/c1-2-6-14-19-13(21-26-14)9-22-12-10-25-17(23)15(12)16(20-18(22)24)11-7-4-3-5-8-11/h3-5,7-8,16H,2,6,9-10H2,1H3,(H,20,24). The third-order valence-corrected chi connectivity index (χ3v) is 4.40. The summed E-state index contributed by atoms with van der Waals surface area (Å²) in [6.45, 7) is 2.20. The molecule has 8 nitrogen and oxygen atoms in total. The average Bonchev–Trinajstić information content (AvgIpc) is 3.25. The highest BCUT2D eigenvalue weighted by molar-refractivity contribution is 5.97. The van der Waals surface area contributed by atoms with Gasteiger partial charge in [-0.2, -0.15) is 4.98 Å². The van der Waals surface area contributed by atoms with Crippen LogP contribution in [-0.2, 0) is 22.5 Å². The smallest absolute Gasteiger partial charge is 0.338 e. The maximum atomic E-state index is 12.7. The summed E-state index contributed by atoms with van der Waals surface area (Å²) in [4.78, 5) is 30.7. The second-order valence-electron chi connectivity index (χ2n) is 6.17. The average molecular weight is 354 g/mol. The van der Waals surface area contributed by atoms with Gasteiger partial charge in [0.25, 0.3) is 0 Å². The maximum Gasteiger partial charge on any atom is 0.338 e. The van der Waals surface area contributed by atoms with Crippen molar-refractivity contribution in [3.63, 3.8) is 0 Å². The van der Waals surface area contributed by atoms with Crippen molar-refractivity contribution in [1.29, 1.82) is 0 Å². The molecule has 3 heterocycles. The highest BCUT2D eigenvalue weighted by atomic mass is 16.5. The molecule has 1 unspecified atom stereocenters. The number of nitrogens with zero attached hydrogens (tertiary/aromatic N) is 3. The maximum absolute atomic E-state index is 12.7. The first kappa shape index (κ1) is 16.3. The number of aryl methyl sites for hydroxylation is 1. The molecule has 1 atom stereocenters. The Morgan fingerprint density at radius 3 is 2.85 bits per heavy atom. The van der Waals surface area contributed by atoms with Gasteiger partial charge in [0.2, 0.25) is 5.89 Å². The number of amides is 2. The van der Waals surface area contributed by atoms with E-state index in [9.17, 15) is 9.59 Å². The molecular weight excluding hydrogens is 336 g/mol. The van der Waals surface area contributed by atoms with Crippen molar-refractivity contribution < 1.29 is 18.8 Å². The van der Waals surface area contributed by atoms with Crippen LogP contribution in [0, 0.1) is 0 Å². The Balaban J connectivity index is 1.66. The molecule has 134 valence electrons. The summed E-state index contributed by atoms with van der Waals surface area (Å²) in [6, 6.07) is 8.50. The molecular formula is C18H18N4O4. The van der Waals surface area contributed by atoms with E-state index in [1.165, 1.54) is 4.90 Å². The van der Waals surface area contributed by atoms with Gasteiger partial charge in [-0.3, -0.25) is 4.90 Å². The Bertz CT molecular complexity index is 874. The predicted octanol–water partition coefficient (Wildman–Crippen LogP) is 2.10. The first-order valence-electron chi connectivity index (χ1n) is 8.52. The zero-order valence-corrected chi connectivity index (χ0v) is 14.3. The highest BCUT2D eigenvalue weighted by Gasteiger charge is 2.42. The normalized spacial score (nSPS) is 19.4. The summed E-state index contributed by atoms with van der Waals surface area (Å²) >= 11 is 0. The van der Waals surface area contributed by atoms with Gasteiger partial charge in [0.15, 0.2) is 5.82 Å². The number of esters is 1. The fourth-order valence-corrected chi connectivity index (χ4v) is 3.19. The van der Waals surface area contributed by atoms with E-state index < -0.39 is 12.0 Å². The van der Waals surface area contributed by atoms with E-state index in [1.807, 2.05) is 37.3 Å². The topological polar surface area (TPSA) is 97.6 Å². The van der Waals surface area contributed by atoms with Crippen LogP contribution < -0.4 is 5.32 Å². The quantitative estimate of drug-likeness (QED) is 0.826. The molecule has 26 heavy (non-hydrogen) atoms. The van der Waals surface area contributed by atoms with E-state index in [0.29, 0.717) is 29.4 Å². The number of urea groups is 1. The molecule has 2 aromatic rings. The molecule has 0 saturated heterocycles. The van der Waals surface area contributed by atoms with Crippen LogP contribution in [0.4, 0.5) is 4.79 Å². The number of benzene rings is 1. The van der Waals surface area contributed by atoms with Gasteiger partial charge in [-0.15, -0.1) is 0 Å². The Morgan fingerprint density at radius 2 is 2.08 bits per heavy atom. The molecule has 2 aliphatic rings. The molecule has 1 aromatic carbocycles. The van der Waals surface area contributed by atoms with Gasteiger partial charge < -0.3 is 14.6 Å². The van der Waals surface area contributed by atoms with E-state index >= 15 is 0 Å². The van der Waals surface area contributed by atoms with E-state index in [0.717, 1.165) is 12.0 Å².